The van der Waals surface area contributed by atoms with Crippen molar-refractivity contribution in [3.8, 4) is 0 Å². The molecule has 0 aromatic carbocycles. The molecule has 1 saturated heterocycles. The second-order valence-electron chi connectivity index (χ2n) is 1.74. The Morgan fingerprint density at radius 3 is 2.43 bits per heavy atom. The van der Waals surface area contributed by atoms with E-state index in [9.17, 15) is 0 Å². The lowest BCUT2D eigenvalue weighted by Gasteiger charge is -1.79. The Hall–Kier alpha value is -0.0400. The van der Waals surface area contributed by atoms with Crippen LogP contribution < -0.4 is 0 Å². The molecule has 1 atom stereocenters. The van der Waals surface area contributed by atoms with Gasteiger partial charge in [-0.15, -0.1) is 0 Å². The van der Waals surface area contributed by atoms with Crippen molar-refractivity contribution >= 4 is 0 Å². The van der Waals surface area contributed by atoms with Gasteiger partial charge in [-0.3, -0.25) is 0 Å². The van der Waals surface area contributed by atoms with Crippen LogP contribution in [-0.2, 0) is 4.74 Å². The zero-order valence-corrected chi connectivity index (χ0v) is 4.11. The molecule has 1 heterocycles. The fourth-order valence-electron chi connectivity index (χ4n) is 0.557. The third-order valence-corrected chi connectivity index (χ3v) is 1.01. The van der Waals surface area contributed by atoms with Crippen molar-refractivity contribution in [1.29, 1.82) is 0 Å². The van der Waals surface area contributed by atoms with Crippen molar-refractivity contribution in [3.63, 3.8) is 0 Å². The molecule has 7 heavy (non-hydrogen) atoms. The first-order valence-electron chi connectivity index (χ1n) is 2.55. The summed E-state index contributed by atoms with van der Waals surface area (Å²) in [7, 11) is 0. The molecule has 1 unspecified atom stereocenters. The van der Waals surface area contributed by atoms with Gasteiger partial charge >= 0.3 is 0 Å². The first-order chi connectivity index (χ1) is 2.93. The van der Waals surface area contributed by atoms with Crippen LogP contribution in [0.3, 0.4) is 0 Å². The summed E-state index contributed by atoms with van der Waals surface area (Å²) in [5.41, 5.74) is 0. The Kier molecular flexibility index (Phi) is 3.01. The maximum atomic E-state index is 4.95. The van der Waals surface area contributed by atoms with E-state index in [0.717, 1.165) is 6.61 Å². The van der Waals surface area contributed by atoms with Crippen LogP contribution in [0.25, 0.3) is 0 Å². The van der Waals surface area contributed by atoms with Gasteiger partial charge in [0.2, 0.25) is 0 Å². The van der Waals surface area contributed by atoms with E-state index in [1.165, 1.54) is 12.8 Å². The Morgan fingerprint density at radius 1 is 1.71 bits per heavy atom. The topological polar surface area (TPSA) is 12.5 Å². The van der Waals surface area contributed by atoms with Crippen LogP contribution in [-0.4, -0.2) is 12.7 Å². The molecule has 1 fully saturated rings. The summed E-state index contributed by atoms with van der Waals surface area (Å²) in [6.07, 6.45) is 3.18. The van der Waals surface area contributed by atoms with Crippen molar-refractivity contribution in [3.05, 3.63) is 0 Å². The number of ether oxygens (including phenoxy) is 1. The lowest BCUT2D eigenvalue weighted by molar-refractivity contribution is 0.395. The number of hydrogen-bond donors (Lipinski definition) is 0. The van der Waals surface area contributed by atoms with E-state index in [1.54, 1.807) is 0 Å². The number of epoxide rings is 1. The number of hydrogen-bond acceptors (Lipinski definition) is 1. The normalized spacial score (nSPS) is 26.1. The van der Waals surface area contributed by atoms with Crippen LogP contribution in [0.4, 0.5) is 0 Å². The molecule has 0 bridgehead atoms. The van der Waals surface area contributed by atoms with Crippen molar-refractivity contribution in [2.24, 2.45) is 0 Å². The van der Waals surface area contributed by atoms with Crippen molar-refractivity contribution < 1.29 is 4.74 Å². The van der Waals surface area contributed by atoms with Gasteiger partial charge in [-0.1, -0.05) is 20.8 Å². The molecule has 0 spiro atoms. The fourth-order valence-corrected chi connectivity index (χ4v) is 0.557. The minimum absolute atomic E-state index is 0. The van der Waals surface area contributed by atoms with Crippen LogP contribution in [0.5, 0.6) is 0 Å². The van der Waals surface area contributed by atoms with E-state index >= 15 is 0 Å². The third-order valence-electron chi connectivity index (χ3n) is 1.01. The second kappa shape index (κ2) is 3.03. The molecule has 0 N–H and O–H groups in total. The van der Waals surface area contributed by atoms with Crippen LogP contribution in [0.1, 0.15) is 27.2 Å². The lowest BCUT2D eigenvalue weighted by Crippen LogP contribution is -1.78. The largest absolute Gasteiger partial charge is 0.373 e. The first kappa shape index (κ1) is 6.96. The molecule has 44 valence electrons. The van der Waals surface area contributed by atoms with E-state index in [4.69, 9.17) is 4.74 Å². The van der Waals surface area contributed by atoms with Crippen molar-refractivity contribution in [2.75, 3.05) is 6.61 Å². The first-order valence-corrected chi connectivity index (χ1v) is 2.55. The fraction of sp³-hybridized carbons (Fsp3) is 1.00. The van der Waals surface area contributed by atoms with Gasteiger partial charge in [0.15, 0.2) is 0 Å². The quantitative estimate of drug-likeness (QED) is 0.484. The average molecular weight is 102 g/mol. The molecular formula is C6H14O. The van der Waals surface area contributed by atoms with Gasteiger partial charge in [0.25, 0.3) is 0 Å². The van der Waals surface area contributed by atoms with Crippen molar-refractivity contribution in [1.82, 2.24) is 0 Å². The summed E-state index contributed by atoms with van der Waals surface area (Å²) >= 11 is 0. The minimum atomic E-state index is 0. The maximum Gasteiger partial charge on any atom is 0.0809 e. The highest BCUT2D eigenvalue weighted by molar-refractivity contribution is 4.66. The second-order valence-corrected chi connectivity index (χ2v) is 1.74. The summed E-state index contributed by atoms with van der Waals surface area (Å²) in [4.78, 5) is 0. The van der Waals surface area contributed by atoms with Gasteiger partial charge in [-0.2, -0.15) is 0 Å². The molecule has 0 aromatic heterocycles. The van der Waals surface area contributed by atoms with Gasteiger partial charge in [-0.25, -0.2) is 0 Å². The molecule has 0 amide bonds. The molecule has 0 radical (unpaired) electrons. The van der Waals surface area contributed by atoms with Gasteiger partial charge in [0.05, 0.1) is 12.7 Å². The highest BCUT2D eigenvalue weighted by Gasteiger charge is 2.19. The molecule has 1 aliphatic rings. The summed E-state index contributed by atoms with van der Waals surface area (Å²) in [6, 6.07) is 0. The molecule has 0 saturated carbocycles. The number of rotatable bonds is 2. The molecular weight excluding hydrogens is 88.1 g/mol. The van der Waals surface area contributed by atoms with Gasteiger partial charge in [0, 0.05) is 0 Å². The monoisotopic (exact) mass is 102 g/mol. The van der Waals surface area contributed by atoms with E-state index in [1.807, 2.05) is 0 Å². The van der Waals surface area contributed by atoms with Crippen LogP contribution in [0.15, 0.2) is 0 Å². The zero-order chi connectivity index (χ0) is 4.41. The zero-order valence-electron chi connectivity index (χ0n) is 4.11. The molecule has 1 rings (SSSR count). The van der Waals surface area contributed by atoms with Crippen LogP contribution in [0, 0.1) is 0 Å². The smallest absolute Gasteiger partial charge is 0.0809 e. The Balaban J connectivity index is 0.000000360. The van der Waals surface area contributed by atoms with E-state index in [2.05, 4.69) is 6.92 Å². The highest BCUT2D eigenvalue weighted by Crippen LogP contribution is 2.14. The lowest BCUT2D eigenvalue weighted by atomic mass is 10.3. The summed E-state index contributed by atoms with van der Waals surface area (Å²) < 4.78 is 4.95. The van der Waals surface area contributed by atoms with Gasteiger partial charge in [0.1, 0.15) is 0 Å². The Labute approximate surface area is 45.7 Å². The van der Waals surface area contributed by atoms with Crippen LogP contribution >= 0.6 is 0 Å². The summed E-state index contributed by atoms with van der Waals surface area (Å²) in [6.45, 7) is 3.20. The van der Waals surface area contributed by atoms with Crippen molar-refractivity contribution in [2.45, 2.75) is 33.3 Å². The van der Waals surface area contributed by atoms with Crippen LogP contribution in [0.2, 0.25) is 0 Å². The summed E-state index contributed by atoms with van der Waals surface area (Å²) in [5.74, 6) is 0. The Bertz CT molecular complexity index is 39.4. The van der Waals surface area contributed by atoms with Gasteiger partial charge < -0.3 is 4.74 Å². The SMILES string of the molecule is C.CCCC1CO1. The molecule has 0 aromatic rings. The van der Waals surface area contributed by atoms with E-state index < -0.39 is 0 Å². The third kappa shape index (κ3) is 2.63. The van der Waals surface area contributed by atoms with Gasteiger partial charge in [-0.05, 0) is 6.42 Å². The predicted molar refractivity (Wildman–Crippen MR) is 31.4 cm³/mol. The maximum absolute atomic E-state index is 4.95. The molecule has 1 heteroatoms. The minimum Gasteiger partial charge on any atom is -0.373 e. The molecule has 0 aliphatic carbocycles. The Morgan fingerprint density at radius 2 is 2.29 bits per heavy atom. The summed E-state index contributed by atoms with van der Waals surface area (Å²) in [5, 5.41) is 0. The molecule has 1 aliphatic heterocycles. The molecule has 1 nitrogen and oxygen atoms in total. The highest BCUT2D eigenvalue weighted by atomic mass is 16.6. The van der Waals surface area contributed by atoms with E-state index in [0.29, 0.717) is 6.10 Å². The average Bonchev–Trinajstić information content (AvgIpc) is 2.21. The van der Waals surface area contributed by atoms with E-state index in [-0.39, 0.29) is 7.43 Å². The standard InChI is InChI=1S/C5H10O.CH4/c1-2-3-5-4-6-5;/h5H,2-4H2,1H3;1H4. The predicted octanol–water partition coefficient (Wildman–Crippen LogP) is 1.82.